The van der Waals surface area contributed by atoms with Gasteiger partial charge in [-0.25, -0.2) is 0 Å². The van der Waals surface area contributed by atoms with E-state index in [2.05, 4.69) is 11.4 Å². The third-order valence-electron chi connectivity index (χ3n) is 3.47. The molecule has 1 rings (SSSR count). The van der Waals surface area contributed by atoms with E-state index < -0.39 is 5.41 Å². The van der Waals surface area contributed by atoms with Crippen LogP contribution in [0.2, 0.25) is 0 Å². The highest BCUT2D eigenvalue weighted by Gasteiger charge is 2.40. The number of nitrogens with zero attached hydrogens (tertiary/aromatic N) is 1. The van der Waals surface area contributed by atoms with Crippen molar-refractivity contribution >= 4 is 5.91 Å². The number of hydrogen-bond acceptors (Lipinski definition) is 4. The van der Waals surface area contributed by atoms with Crippen LogP contribution in [0.15, 0.2) is 0 Å². The average Bonchev–Trinajstić information content (AvgIpc) is 2.43. The Morgan fingerprint density at radius 2 is 2.22 bits per heavy atom. The third-order valence-corrected chi connectivity index (χ3v) is 3.47. The van der Waals surface area contributed by atoms with Crippen molar-refractivity contribution in [3.8, 4) is 6.07 Å². The zero-order valence-corrected chi connectivity index (χ0v) is 10.9. The number of amides is 1. The molecule has 5 heteroatoms. The lowest BCUT2D eigenvalue weighted by Gasteiger charge is -2.29. The van der Waals surface area contributed by atoms with Gasteiger partial charge >= 0.3 is 0 Å². The number of rotatable bonds is 6. The first-order chi connectivity index (χ1) is 8.64. The molecule has 5 nitrogen and oxygen atoms in total. The second kappa shape index (κ2) is 7.34. The van der Waals surface area contributed by atoms with Gasteiger partial charge in [0.2, 0.25) is 5.91 Å². The van der Waals surface area contributed by atoms with Crippen molar-refractivity contribution < 1.29 is 14.6 Å². The smallest absolute Gasteiger partial charge is 0.240 e. The molecule has 2 N–H and O–H groups in total. The molecule has 0 aromatic carbocycles. The molecule has 1 unspecified atom stereocenters. The predicted octanol–water partition coefficient (Wildman–Crippen LogP) is 0.832. The fraction of sp³-hybridized carbons (Fsp3) is 0.846. The van der Waals surface area contributed by atoms with Crippen molar-refractivity contribution in [1.82, 2.24) is 5.32 Å². The van der Waals surface area contributed by atoms with Crippen molar-refractivity contribution in [2.45, 2.75) is 32.6 Å². The van der Waals surface area contributed by atoms with Crippen LogP contribution >= 0.6 is 0 Å². The Balaban J connectivity index is 2.33. The van der Waals surface area contributed by atoms with Crippen LogP contribution in [0, 0.1) is 22.7 Å². The maximum absolute atomic E-state index is 12.0. The fourth-order valence-corrected chi connectivity index (χ4v) is 2.02. The summed E-state index contributed by atoms with van der Waals surface area (Å²) in [5.74, 6) is 0.0832. The van der Waals surface area contributed by atoms with Gasteiger partial charge in [0.25, 0.3) is 0 Å². The number of aliphatic hydroxyl groups is 1. The van der Waals surface area contributed by atoms with Gasteiger partial charge in [-0.05, 0) is 31.6 Å². The van der Waals surface area contributed by atoms with E-state index in [1.54, 1.807) is 0 Å². The summed E-state index contributed by atoms with van der Waals surface area (Å²) in [6.07, 6.45) is 2.65. The van der Waals surface area contributed by atoms with Crippen LogP contribution in [0.25, 0.3) is 0 Å². The van der Waals surface area contributed by atoms with Crippen molar-refractivity contribution in [2.24, 2.45) is 11.3 Å². The van der Waals surface area contributed by atoms with Gasteiger partial charge < -0.3 is 15.2 Å². The molecule has 0 aromatic heterocycles. The van der Waals surface area contributed by atoms with Gasteiger partial charge in [0, 0.05) is 26.4 Å². The summed E-state index contributed by atoms with van der Waals surface area (Å²) in [6, 6.07) is 2.15. The topological polar surface area (TPSA) is 82.4 Å². The molecule has 18 heavy (non-hydrogen) atoms. The summed E-state index contributed by atoms with van der Waals surface area (Å²) in [6.45, 7) is 3.66. The highest BCUT2D eigenvalue weighted by molar-refractivity contribution is 5.85. The SMILES string of the molecule is CC(CO)CCCNC(=O)C1(C#N)CCOCC1. The van der Waals surface area contributed by atoms with Crippen LogP contribution in [0.1, 0.15) is 32.6 Å². The fourth-order valence-electron chi connectivity index (χ4n) is 2.02. The highest BCUT2D eigenvalue weighted by Crippen LogP contribution is 2.29. The van der Waals surface area contributed by atoms with Gasteiger partial charge in [-0.1, -0.05) is 6.92 Å². The molecule has 1 saturated heterocycles. The number of hydrogen-bond donors (Lipinski definition) is 2. The van der Waals surface area contributed by atoms with Gasteiger partial charge in [0.05, 0.1) is 6.07 Å². The van der Waals surface area contributed by atoms with E-state index in [0.29, 0.717) is 32.6 Å². The molecule has 0 bridgehead atoms. The molecule has 1 atom stereocenters. The van der Waals surface area contributed by atoms with Crippen LogP contribution in [0.4, 0.5) is 0 Å². The van der Waals surface area contributed by atoms with E-state index in [-0.39, 0.29) is 18.4 Å². The maximum Gasteiger partial charge on any atom is 0.240 e. The molecule has 0 aliphatic carbocycles. The molecule has 1 fully saturated rings. The largest absolute Gasteiger partial charge is 0.396 e. The normalized spacial score (nSPS) is 19.8. The zero-order valence-electron chi connectivity index (χ0n) is 10.9. The van der Waals surface area contributed by atoms with Crippen molar-refractivity contribution in [2.75, 3.05) is 26.4 Å². The number of carbonyl (C=O) groups is 1. The van der Waals surface area contributed by atoms with Crippen LogP contribution in [0.3, 0.4) is 0 Å². The highest BCUT2D eigenvalue weighted by atomic mass is 16.5. The van der Waals surface area contributed by atoms with Crippen LogP contribution in [0.5, 0.6) is 0 Å². The van der Waals surface area contributed by atoms with E-state index in [0.717, 1.165) is 12.8 Å². The molecule has 1 aliphatic rings. The Labute approximate surface area is 108 Å². The quantitative estimate of drug-likeness (QED) is 0.688. The van der Waals surface area contributed by atoms with E-state index in [1.807, 2.05) is 6.92 Å². The van der Waals surface area contributed by atoms with E-state index in [1.165, 1.54) is 0 Å². The third kappa shape index (κ3) is 3.97. The van der Waals surface area contributed by atoms with E-state index >= 15 is 0 Å². The number of ether oxygens (including phenoxy) is 1. The molecular formula is C13H22N2O3. The van der Waals surface area contributed by atoms with Crippen molar-refractivity contribution in [3.05, 3.63) is 0 Å². The lowest BCUT2D eigenvalue weighted by molar-refractivity contribution is -0.132. The lowest BCUT2D eigenvalue weighted by atomic mass is 9.81. The number of carbonyl (C=O) groups excluding carboxylic acids is 1. The van der Waals surface area contributed by atoms with Crippen LogP contribution < -0.4 is 5.32 Å². The summed E-state index contributed by atoms with van der Waals surface area (Å²) in [5.41, 5.74) is -0.902. The minimum absolute atomic E-state index is 0.174. The van der Waals surface area contributed by atoms with Gasteiger partial charge in [-0.15, -0.1) is 0 Å². The molecule has 1 amide bonds. The van der Waals surface area contributed by atoms with Crippen LogP contribution in [-0.2, 0) is 9.53 Å². The van der Waals surface area contributed by atoms with Gasteiger partial charge in [-0.2, -0.15) is 5.26 Å². The molecule has 1 heterocycles. The number of aliphatic hydroxyl groups excluding tert-OH is 1. The average molecular weight is 254 g/mol. The maximum atomic E-state index is 12.0. The summed E-state index contributed by atoms with van der Waals surface area (Å²) in [5, 5.41) is 20.9. The molecule has 0 saturated carbocycles. The summed E-state index contributed by atoms with van der Waals surface area (Å²) in [4.78, 5) is 12.0. The monoisotopic (exact) mass is 254 g/mol. The van der Waals surface area contributed by atoms with Crippen molar-refractivity contribution in [1.29, 1.82) is 5.26 Å². The summed E-state index contributed by atoms with van der Waals surface area (Å²) < 4.78 is 5.19. The van der Waals surface area contributed by atoms with Crippen LogP contribution in [-0.4, -0.2) is 37.4 Å². The molecule has 0 spiro atoms. The standard InChI is InChI=1S/C13H22N2O3/c1-11(9-16)3-2-6-15-12(17)13(10-14)4-7-18-8-5-13/h11,16H,2-9H2,1H3,(H,15,17). The number of nitrogens with one attached hydrogen (secondary N) is 1. The molecule has 0 aromatic rings. The Morgan fingerprint density at radius 3 is 2.78 bits per heavy atom. The zero-order chi connectivity index (χ0) is 13.4. The van der Waals surface area contributed by atoms with Gasteiger partial charge in [-0.3, -0.25) is 4.79 Å². The summed E-state index contributed by atoms with van der Waals surface area (Å²) >= 11 is 0. The lowest BCUT2D eigenvalue weighted by Crippen LogP contribution is -2.44. The molecule has 0 radical (unpaired) electrons. The minimum atomic E-state index is -0.902. The minimum Gasteiger partial charge on any atom is -0.396 e. The molecule has 1 aliphatic heterocycles. The Kier molecular flexibility index (Phi) is 6.10. The summed E-state index contributed by atoms with van der Waals surface area (Å²) in [7, 11) is 0. The van der Waals surface area contributed by atoms with E-state index in [4.69, 9.17) is 9.84 Å². The Bertz CT molecular complexity index is 306. The first-order valence-corrected chi connectivity index (χ1v) is 6.53. The second-order valence-corrected chi connectivity index (χ2v) is 4.99. The van der Waals surface area contributed by atoms with Gasteiger partial charge in [0.15, 0.2) is 0 Å². The van der Waals surface area contributed by atoms with E-state index in [9.17, 15) is 10.1 Å². The Morgan fingerprint density at radius 1 is 1.56 bits per heavy atom. The first-order valence-electron chi connectivity index (χ1n) is 6.53. The predicted molar refractivity (Wildman–Crippen MR) is 66.6 cm³/mol. The van der Waals surface area contributed by atoms with Crippen molar-refractivity contribution in [3.63, 3.8) is 0 Å². The molecule has 102 valence electrons. The first kappa shape index (κ1) is 14.9. The number of nitriles is 1. The molecular weight excluding hydrogens is 232 g/mol. The second-order valence-electron chi connectivity index (χ2n) is 4.99. The van der Waals surface area contributed by atoms with Gasteiger partial charge in [0.1, 0.15) is 5.41 Å². The Hall–Kier alpha value is -1.12.